The van der Waals surface area contributed by atoms with Crippen molar-refractivity contribution in [1.29, 1.82) is 0 Å². The first kappa shape index (κ1) is 15.5. The molecule has 3 rings (SSSR count). The summed E-state index contributed by atoms with van der Waals surface area (Å²) in [6, 6.07) is 2.99. The average Bonchev–Trinajstić information content (AvgIpc) is 2.50. The van der Waals surface area contributed by atoms with Gasteiger partial charge in [-0.2, -0.15) is 13.2 Å². The van der Waals surface area contributed by atoms with Crippen molar-refractivity contribution >= 4 is 5.82 Å². The molecule has 122 valence electrons. The van der Waals surface area contributed by atoms with Gasteiger partial charge in [-0.25, -0.2) is 15.8 Å². The van der Waals surface area contributed by atoms with E-state index in [1.807, 2.05) is 0 Å². The molecule has 1 fully saturated rings. The van der Waals surface area contributed by atoms with Crippen molar-refractivity contribution < 1.29 is 17.9 Å². The Morgan fingerprint density at radius 1 is 1.09 bits per heavy atom. The zero-order chi connectivity index (χ0) is 16.5. The number of rotatable bonds is 4. The first-order chi connectivity index (χ1) is 10.9. The standard InChI is InChI=1S/C14H14F3N5O/c15-14(16,17)13(4-1-5-13)23-12-3-2-9(6-21-12)10-7-20-11(22-18)8-19-10/h2-3,6-8H,1,4-5,18H2,(H,20,22). The highest BCUT2D eigenvalue weighted by molar-refractivity contribution is 5.57. The molecule has 0 aromatic carbocycles. The lowest BCUT2D eigenvalue weighted by atomic mass is 9.79. The molecule has 1 saturated carbocycles. The maximum atomic E-state index is 13.1. The second-order valence-electron chi connectivity index (χ2n) is 5.26. The number of ether oxygens (including phenoxy) is 1. The second kappa shape index (κ2) is 5.65. The van der Waals surface area contributed by atoms with E-state index in [0.29, 0.717) is 23.5 Å². The number of halogens is 3. The number of nitrogen functional groups attached to an aromatic ring is 1. The molecule has 0 atom stereocenters. The quantitative estimate of drug-likeness (QED) is 0.664. The zero-order valence-electron chi connectivity index (χ0n) is 12.0. The van der Waals surface area contributed by atoms with Gasteiger partial charge >= 0.3 is 6.18 Å². The van der Waals surface area contributed by atoms with Crippen LogP contribution in [0.25, 0.3) is 11.3 Å². The van der Waals surface area contributed by atoms with Crippen molar-refractivity contribution in [3.8, 4) is 17.1 Å². The van der Waals surface area contributed by atoms with Crippen molar-refractivity contribution in [2.75, 3.05) is 5.43 Å². The summed E-state index contributed by atoms with van der Waals surface area (Å²) in [5.74, 6) is 5.54. The number of nitrogens with one attached hydrogen (secondary N) is 1. The van der Waals surface area contributed by atoms with Gasteiger partial charge < -0.3 is 10.2 Å². The van der Waals surface area contributed by atoms with Gasteiger partial charge in [-0.3, -0.25) is 4.98 Å². The molecular formula is C14H14F3N5O. The van der Waals surface area contributed by atoms with Crippen LogP contribution in [0.2, 0.25) is 0 Å². The molecule has 2 aromatic rings. The molecule has 0 radical (unpaired) electrons. The van der Waals surface area contributed by atoms with Crippen molar-refractivity contribution in [3.05, 3.63) is 30.7 Å². The van der Waals surface area contributed by atoms with Crippen LogP contribution in [0, 0.1) is 0 Å². The molecule has 2 aromatic heterocycles. The van der Waals surface area contributed by atoms with E-state index in [1.54, 1.807) is 6.07 Å². The van der Waals surface area contributed by atoms with Crippen LogP contribution in [-0.2, 0) is 0 Å². The number of hydrogen-bond acceptors (Lipinski definition) is 6. The number of pyridine rings is 1. The van der Waals surface area contributed by atoms with Gasteiger partial charge in [0.2, 0.25) is 11.5 Å². The Labute approximate surface area is 129 Å². The topological polar surface area (TPSA) is 86.0 Å². The molecule has 23 heavy (non-hydrogen) atoms. The number of hydrogen-bond donors (Lipinski definition) is 2. The fourth-order valence-electron chi connectivity index (χ4n) is 2.29. The SMILES string of the molecule is NNc1cnc(-c2ccc(OC3(C(F)(F)F)CCC3)nc2)cn1. The Bertz CT molecular complexity index is 668. The smallest absolute Gasteiger partial charge is 0.428 e. The molecule has 1 aliphatic rings. The summed E-state index contributed by atoms with van der Waals surface area (Å²) in [5.41, 5.74) is 1.39. The number of hydrazine groups is 1. The van der Waals surface area contributed by atoms with Crippen LogP contribution in [0.4, 0.5) is 19.0 Å². The normalized spacial score (nSPS) is 16.5. The number of nitrogens with zero attached hydrogens (tertiary/aromatic N) is 3. The van der Waals surface area contributed by atoms with Crippen LogP contribution in [0.3, 0.4) is 0 Å². The van der Waals surface area contributed by atoms with Crippen LogP contribution < -0.4 is 16.0 Å². The molecule has 0 aliphatic heterocycles. The minimum absolute atomic E-state index is 0.0427. The Balaban J connectivity index is 1.76. The van der Waals surface area contributed by atoms with Gasteiger partial charge in [-0.1, -0.05) is 0 Å². The summed E-state index contributed by atoms with van der Waals surface area (Å²) in [7, 11) is 0. The first-order valence-electron chi connectivity index (χ1n) is 6.94. The van der Waals surface area contributed by atoms with E-state index in [-0.39, 0.29) is 18.7 Å². The fraction of sp³-hybridized carbons (Fsp3) is 0.357. The van der Waals surface area contributed by atoms with Gasteiger partial charge in [-0.15, -0.1) is 0 Å². The minimum atomic E-state index is -4.40. The molecule has 0 unspecified atom stereocenters. The predicted molar refractivity (Wildman–Crippen MR) is 76.3 cm³/mol. The molecule has 3 N–H and O–H groups in total. The van der Waals surface area contributed by atoms with E-state index in [2.05, 4.69) is 20.4 Å². The lowest BCUT2D eigenvalue weighted by molar-refractivity contribution is -0.275. The van der Waals surface area contributed by atoms with Gasteiger partial charge in [0.1, 0.15) is 0 Å². The van der Waals surface area contributed by atoms with Gasteiger partial charge in [-0.05, 0) is 25.3 Å². The van der Waals surface area contributed by atoms with E-state index in [0.717, 1.165) is 0 Å². The van der Waals surface area contributed by atoms with E-state index in [4.69, 9.17) is 10.6 Å². The number of aromatic nitrogens is 3. The van der Waals surface area contributed by atoms with Gasteiger partial charge in [0.25, 0.3) is 0 Å². The highest BCUT2D eigenvalue weighted by atomic mass is 19.4. The lowest BCUT2D eigenvalue weighted by Crippen LogP contribution is -2.55. The Morgan fingerprint density at radius 3 is 2.30 bits per heavy atom. The maximum Gasteiger partial charge on any atom is 0.428 e. The Morgan fingerprint density at radius 2 is 1.87 bits per heavy atom. The molecular weight excluding hydrogens is 311 g/mol. The summed E-state index contributed by atoms with van der Waals surface area (Å²) in [5, 5.41) is 0. The van der Waals surface area contributed by atoms with Crippen LogP contribution in [0.5, 0.6) is 5.88 Å². The first-order valence-corrected chi connectivity index (χ1v) is 6.94. The summed E-state index contributed by atoms with van der Waals surface area (Å²) in [6.07, 6.45) is 0.328. The predicted octanol–water partition coefficient (Wildman–Crippen LogP) is 2.69. The zero-order valence-corrected chi connectivity index (χ0v) is 12.0. The summed E-state index contributed by atoms with van der Waals surface area (Å²) >= 11 is 0. The third-order valence-electron chi connectivity index (χ3n) is 3.81. The number of nitrogens with two attached hydrogens (primary N) is 1. The van der Waals surface area contributed by atoms with Crippen LogP contribution in [0.1, 0.15) is 19.3 Å². The Kier molecular flexibility index (Phi) is 3.80. The van der Waals surface area contributed by atoms with Crippen LogP contribution in [-0.4, -0.2) is 26.7 Å². The van der Waals surface area contributed by atoms with E-state index >= 15 is 0 Å². The molecule has 1 aliphatic carbocycles. The number of alkyl halides is 3. The largest absolute Gasteiger partial charge is 0.461 e. The monoisotopic (exact) mass is 325 g/mol. The van der Waals surface area contributed by atoms with E-state index in [9.17, 15) is 13.2 Å². The maximum absolute atomic E-state index is 13.1. The summed E-state index contributed by atoms with van der Waals surface area (Å²) < 4.78 is 44.3. The highest BCUT2D eigenvalue weighted by Gasteiger charge is 2.61. The second-order valence-corrected chi connectivity index (χ2v) is 5.26. The third-order valence-corrected chi connectivity index (χ3v) is 3.81. The van der Waals surface area contributed by atoms with E-state index in [1.165, 1.54) is 24.7 Å². The van der Waals surface area contributed by atoms with Crippen LogP contribution in [0.15, 0.2) is 30.7 Å². The molecule has 9 heteroatoms. The highest BCUT2D eigenvalue weighted by Crippen LogP contribution is 2.47. The van der Waals surface area contributed by atoms with Crippen molar-refractivity contribution in [2.24, 2.45) is 5.84 Å². The number of anilines is 1. The summed E-state index contributed by atoms with van der Waals surface area (Å²) in [6.45, 7) is 0. The van der Waals surface area contributed by atoms with Crippen molar-refractivity contribution in [3.63, 3.8) is 0 Å². The van der Waals surface area contributed by atoms with Gasteiger partial charge in [0.15, 0.2) is 5.82 Å². The van der Waals surface area contributed by atoms with Crippen molar-refractivity contribution in [2.45, 2.75) is 31.0 Å². The minimum Gasteiger partial charge on any atom is -0.461 e. The molecule has 0 bridgehead atoms. The molecule has 2 heterocycles. The third kappa shape index (κ3) is 2.91. The molecule has 0 amide bonds. The average molecular weight is 325 g/mol. The molecule has 6 nitrogen and oxygen atoms in total. The Hall–Kier alpha value is -2.42. The molecule has 0 spiro atoms. The van der Waals surface area contributed by atoms with E-state index < -0.39 is 11.8 Å². The van der Waals surface area contributed by atoms with Crippen LogP contribution >= 0.6 is 0 Å². The summed E-state index contributed by atoms with van der Waals surface area (Å²) in [4.78, 5) is 12.1. The van der Waals surface area contributed by atoms with Gasteiger partial charge in [0, 0.05) is 17.8 Å². The lowest BCUT2D eigenvalue weighted by Gasteiger charge is -2.42. The van der Waals surface area contributed by atoms with Crippen molar-refractivity contribution in [1.82, 2.24) is 15.0 Å². The fourth-order valence-corrected chi connectivity index (χ4v) is 2.29. The molecule has 0 saturated heterocycles. The van der Waals surface area contributed by atoms with Gasteiger partial charge in [0.05, 0.1) is 18.1 Å².